The zero-order valence-electron chi connectivity index (χ0n) is 12.2. The summed E-state index contributed by atoms with van der Waals surface area (Å²) < 4.78 is 12.7. The molecule has 0 aromatic carbocycles. The molecule has 0 radical (unpaired) electrons. The first-order valence-electron chi connectivity index (χ1n) is 7.59. The summed E-state index contributed by atoms with van der Waals surface area (Å²) in [5.41, 5.74) is 0.295. The molecule has 3 heteroatoms. The second-order valence-electron chi connectivity index (χ2n) is 6.88. The predicted molar refractivity (Wildman–Crippen MR) is 79.2 cm³/mol. The molecule has 2 nitrogen and oxygen atoms in total. The van der Waals surface area contributed by atoms with E-state index in [0.29, 0.717) is 16.7 Å². The first-order chi connectivity index (χ1) is 8.54. The molecule has 1 N–H and O–H groups in total. The molecule has 2 aliphatic rings. The topological polar surface area (TPSA) is 29.1 Å². The van der Waals surface area contributed by atoms with Crippen molar-refractivity contribution in [1.82, 2.24) is 5.32 Å². The first kappa shape index (κ1) is 14.5. The molecule has 106 valence electrons. The monoisotopic (exact) mass is 271 g/mol. The molecule has 0 aromatic heterocycles. The fourth-order valence-corrected chi connectivity index (χ4v) is 6.26. The fraction of sp³-hybridized carbons (Fsp3) is 1.00. The first-order valence-corrected chi connectivity index (χ1v) is 8.97. The minimum absolute atomic E-state index is 0.295. The van der Waals surface area contributed by atoms with Gasteiger partial charge in [-0.3, -0.25) is 4.21 Å². The highest BCUT2D eigenvalue weighted by molar-refractivity contribution is 7.85. The van der Waals surface area contributed by atoms with Crippen LogP contribution in [0.25, 0.3) is 0 Å². The van der Waals surface area contributed by atoms with Crippen LogP contribution < -0.4 is 5.32 Å². The van der Waals surface area contributed by atoms with Crippen LogP contribution in [0.4, 0.5) is 0 Å². The number of nitrogens with one attached hydrogen (secondary N) is 1. The highest BCUT2D eigenvalue weighted by atomic mass is 32.2. The van der Waals surface area contributed by atoms with E-state index >= 15 is 0 Å². The van der Waals surface area contributed by atoms with Crippen LogP contribution >= 0.6 is 0 Å². The lowest BCUT2D eigenvalue weighted by Gasteiger charge is -2.43. The predicted octanol–water partition coefficient (Wildman–Crippen LogP) is 3.09. The molecular weight excluding hydrogens is 242 g/mol. The van der Waals surface area contributed by atoms with E-state index in [4.69, 9.17) is 0 Å². The standard InChI is InChI=1S/C15H29NOS/c1-15(2)10-6-9-13(14(15)16-3)18(17)11-12-7-4-5-8-12/h12-14,16H,4-11H2,1-3H3. The van der Waals surface area contributed by atoms with Gasteiger partial charge in [0.05, 0.1) is 5.25 Å². The largest absolute Gasteiger partial charge is 0.315 e. The summed E-state index contributed by atoms with van der Waals surface area (Å²) in [5, 5.41) is 3.83. The summed E-state index contributed by atoms with van der Waals surface area (Å²) >= 11 is 0. The second kappa shape index (κ2) is 6.04. The van der Waals surface area contributed by atoms with Crippen molar-refractivity contribution in [3.63, 3.8) is 0 Å². The molecule has 0 bridgehead atoms. The lowest BCUT2D eigenvalue weighted by molar-refractivity contribution is 0.180. The van der Waals surface area contributed by atoms with E-state index in [1.165, 1.54) is 38.5 Å². The third-order valence-corrected chi connectivity index (χ3v) is 7.03. The van der Waals surface area contributed by atoms with Gasteiger partial charge in [0.25, 0.3) is 0 Å². The van der Waals surface area contributed by atoms with Crippen LogP contribution in [0.5, 0.6) is 0 Å². The maximum absolute atomic E-state index is 12.7. The van der Waals surface area contributed by atoms with Gasteiger partial charge in [0.2, 0.25) is 0 Å². The Kier molecular flexibility index (Phi) is 4.87. The van der Waals surface area contributed by atoms with Gasteiger partial charge in [-0.05, 0) is 44.1 Å². The van der Waals surface area contributed by atoms with Crippen LogP contribution in [0, 0.1) is 11.3 Å². The van der Waals surface area contributed by atoms with Crippen LogP contribution in [0.3, 0.4) is 0 Å². The molecule has 2 aliphatic carbocycles. The molecule has 0 saturated heterocycles. The van der Waals surface area contributed by atoms with Gasteiger partial charge in [-0.25, -0.2) is 0 Å². The molecule has 3 atom stereocenters. The maximum atomic E-state index is 12.7. The van der Waals surface area contributed by atoms with E-state index in [1.54, 1.807) is 0 Å². The summed E-state index contributed by atoms with van der Waals surface area (Å²) in [6, 6.07) is 0.425. The number of rotatable bonds is 4. The minimum Gasteiger partial charge on any atom is -0.315 e. The molecule has 18 heavy (non-hydrogen) atoms. The highest BCUT2D eigenvalue weighted by Gasteiger charge is 2.41. The van der Waals surface area contributed by atoms with Crippen molar-refractivity contribution in [3.05, 3.63) is 0 Å². The second-order valence-corrected chi connectivity index (χ2v) is 8.58. The van der Waals surface area contributed by atoms with Gasteiger partial charge in [-0.2, -0.15) is 0 Å². The van der Waals surface area contributed by atoms with Crippen molar-refractivity contribution in [2.45, 2.75) is 70.1 Å². The van der Waals surface area contributed by atoms with E-state index in [0.717, 1.165) is 18.1 Å². The van der Waals surface area contributed by atoms with Crippen molar-refractivity contribution in [1.29, 1.82) is 0 Å². The fourth-order valence-electron chi connectivity index (χ4n) is 3.98. The quantitative estimate of drug-likeness (QED) is 0.851. The summed E-state index contributed by atoms with van der Waals surface area (Å²) in [4.78, 5) is 0. The van der Waals surface area contributed by atoms with Gasteiger partial charge >= 0.3 is 0 Å². The van der Waals surface area contributed by atoms with Crippen LogP contribution in [0.2, 0.25) is 0 Å². The summed E-state index contributed by atoms with van der Waals surface area (Å²) in [6.45, 7) is 4.65. The zero-order chi connectivity index (χ0) is 13.2. The normalized spacial score (nSPS) is 34.6. The van der Waals surface area contributed by atoms with Crippen LogP contribution in [0.15, 0.2) is 0 Å². The lowest BCUT2D eigenvalue weighted by Crippen LogP contribution is -2.53. The van der Waals surface area contributed by atoms with Crippen molar-refractivity contribution < 1.29 is 4.21 Å². The van der Waals surface area contributed by atoms with Gasteiger partial charge in [0.15, 0.2) is 0 Å². The molecule has 0 spiro atoms. The van der Waals surface area contributed by atoms with Gasteiger partial charge in [0, 0.05) is 22.6 Å². The van der Waals surface area contributed by atoms with E-state index < -0.39 is 10.8 Å². The smallest absolute Gasteiger partial charge is 0.0506 e. The zero-order valence-corrected chi connectivity index (χ0v) is 13.0. The molecule has 0 amide bonds. The molecule has 2 rings (SSSR count). The van der Waals surface area contributed by atoms with Crippen molar-refractivity contribution >= 4 is 10.8 Å². The van der Waals surface area contributed by atoms with Crippen LogP contribution in [0.1, 0.15) is 58.8 Å². The summed E-state index contributed by atoms with van der Waals surface area (Å²) in [5.74, 6) is 1.70. The summed E-state index contributed by atoms with van der Waals surface area (Å²) in [7, 11) is 1.40. The van der Waals surface area contributed by atoms with E-state index in [9.17, 15) is 4.21 Å². The number of hydrogen-bond acceptors (Lipinski definition) is 2. The molecule has 3 unspecified atom stereocenters. The van der Waals surface area contributed by atoms with E-state index in [2.05, 4.69) is 19.2 Å². The van der Waals surface area contributed by atoms with E-state index in [1.807, 2.05) is 7.05 Å². The lowest BCUT2D eigenvalue weighted by atomic mass is 9.73. The Hall–Kier alpha value is 0.110. The molecule has 0 heterocycles. The Bertz CT molecular complexity index is 297. The molecule has 0 aromatic rings. The Morgan fingerprint density at radius 3 is 2.44 bits per heavy atom. The third-order valence-electron chi connectivity index (χ3n) is 5.05. The van der Waals surface area contributed by atoms with Crippen LogP contribution in [-0.4, -0.2) is 28.3 Å². The van der Waals surface area contributed by atoms with Crippen LogP contribution in [-0.2, 0) is 10.8 Å². The Morgan fingerprint density at radius 1 is 1.17 bits per heavy atom. The van der Waals surface area contributed by atoms with E-state index in [-0.39, 0.29) is 0 Å². The molecule has 2 fully saturated rings. The van der Waals surface area contributed by atoms with Crippen molar-refractivity contribution in [2.24, 2.45) is 11.3 Å². The Morgan fingerprint density at radius 2 is 1.83 bits per heavy atom. The Balaban J connectivity index is 1.98. The number of hydrogen-bond donors (Lipinski definition) is 1. The average Bonchev–Trinajstić information content (AvgIpc) is 2.80. The van der Waals surface area contributed by atoms with Gasteiger partial charge in [-0.1, -0.05) is 33.1 Å². The third kappa shape index (κ3) is 3.16. The van der Waals surface area contributed by atoms with Crippen molar-refractivity contribution in [2.75, 3.05) is 12.8 Å². The maximum Gasteiger partial charge on any atom is 0.0506 e. The van der Waals surface area contributed by atoms with Crippen molar-refractivity contribution in [3.8, 4) is 0 Å². The SMILES string of the molecule is CNC1C(S(=O)CC2CCCC2)CCCC1(C)C. The average molecular weight is 271 g/mol. The summed E-state index contributed by atoms with van der Waals surface area (Å²) in [6.07, 6.45) is 8.98. The van der Waals surface area contributed by atoms with Gasteiger partial charge in [0.1, 0.15) is 0 Å². The molecular formula is C15H29NOS. The molecule has 2 saturated carbocycles. The minimum atomic E-state index is -0.635. The highest BCUT2D eigenvalue weighted by Crippen LogP contribution is 2.38. The van der Waals surface area contributed by atoms with Gasteiger partial charge < -0.3 is 5.32 Å². The Labute approximate surface area is 115 Å². The van der Waals surface area contributed by atoms with Gasteiger partial charge in [-0.15, -0.1) is 0 Å². The molecule has 0 aliphatic heterocycles.